The van der Waals surface area contributed by atoms with Gasteiger partial charge in [0, 0.05) is 12.6 Å². The molecule has 4 N–H and O–H groups in total. The van der Waals surface area contributed by atoms with Crippen molar-refractivity contribution in [3.05, 3.63) is 42.5 Å². The van der Waals surface area contributed by atoms with Crippen LogP contribution in [-0.2, 0) is 0 Å². The van der Waals surface area contributed by atoms with Crippen LogP contribution in [0.4, 0.5) is 0 Å². The fourth-order valence-corrected chi connectivity index (χ4v) is 1.35. The van der Waals surface area contributed by atoms with E-state index in [1.807, 2.05) is 24.3 Å². The SMILES string of the molecule is NC[C@@H](N)c1ccc(-n2cncn2)cc1. The van der Waals surface area contributed by atoms with Gasteiger partial charge in [-0.05, 0) is 17.7 Å². The third kappa shape index (κ3) is 2.03. The monoisotopic (exact) mass is 203 g/mol. The molecule has 78 valence electrons. The molecule has 0 unspecified atom stereocenters. The molecule has 2 aromatic rings. The first-order valence-corrected chi connectivity index (χ1v) is 4.72. The van der Waals surface area contributed by atoms with Gasteiger partial charge in [0.05, 0.1) is 5.69 Å². The fraction of sp³-hybridized carbons (Fsp3) is 0.200. The van der Waals surface area contributed by atoms with Crippen molar-refractivity contribution in [2.45, 2.75) is 6.04 Å². The molecule has 1 atom stereocenters. The molecule has 5 heteroatoms. The van der Waals surface area contributed by atoms with Gasteiger partial charge in [0.1, 0.15) is 12.7 Å². The molecule has 1 aromatic heterocycles. The maximum absolute atomic E-state index is 5.80. The van der Waals surface area contributed by atoms with Crippen LogP contribution in [0.1, 0.15) is 11.6 Å². The van der Waals surface area contributed by atoms with Crippen molar-refractivity contribution in [2.75, 3.05) is 6.54 Å². The largest absolute Gasteiger partial charge is 0.329 e. The molecule has 0 aliphatic rings. The van der Waals surface area contributed by atoms with Crippen LogP contribution in [0.25, 0.3) is 5.69 Å². The van der Waals surface area contributed by atoms with Crippen LogP contribution in [0.5, 0.6) is 0 Å². The first kappa shape index (κ1) is 9.82. The predicted molar refractivity (Wildman–Crippen MR) is 57.3 cm³/mol. The molecule has 15 heavy (non-hydrogen) atoms. The summed E-state index contributed by atoms with van der Waals surface area (Å²) < 4.78 is 1.69. The number of nitrogens with two attached hydrogens (primary N) is 2. The Kier molecular flexibility index (Phi) is 2.75. The smallest absolute Gasteiger partial charge is 0.138 e. The zero-order valence-electron chi connectivity index (χ0n) is 8.24. The van der Waals surface area contributed by atoms with Gasteiger partial charge in [-0.25, -0.2) is 9.67 Å². The average molecular weight is 203 g/mol. The Bertz CT molecular complexity index is 406. The van der Waals surface area contributed by atoms with E-state index in [0.717, 1.165) is 11.3 Å². The second-order valence-corrected chi connectivity index (χ2v) is 3.27. The fourth-order valence-electron chi connectivity index (χ4n) is 1.35. The number of benzene rings is 1. The number of hydrogen-bond acceptors (Lipinski definition) is 4. The quantitative estimate of drug-likeness (QED) is 0.747. The zero-order chi connectivity index (χ0) is 10.7. The Morgan fingerprint density at radius 2 is 2.00 bits per heavy atom. The molecule has 0 spiro atoms. The molecule has 0 radical (unpaired) electrons. The maximum Gasteiger partial charge on any atom is 0.138 e. The van der Waals surface area contributed by atoms with Gasteiger partial charge >= 0.3 is 0 Å². The summed E-state index contributed by atoms with van der Waals surface area (Å²) in [6.45, 7) is 0.447. The normalized spacial score (nSPS) is 12.7. The third-order valence-electron chi connectivity index (χ3n) is 2.26. The summed E-state index contributed by atoms with van der Waals surface area (Å²) in [5, 5.41) is 4.03. The van der Waals surface area contributed by atoms with E-state index in [-0.39, 0.29) is 6.04 Å². The van der Waals surface area contributed by atoms with Crippen molar-refractivity contribution < 1.29 is 0 Å². The van der Waals surface area contributed by atoms with Crippen LogP contribution in [0.2, 0.25) is 0 Å². The van der Waals surface area contributed by atoms with Crippen LogP contribution in [-0.4, -0.2) is 21.3 Å². The van der Waals surface area contributed by atoms with Crippen molar-refractivity contribution in [3.63, 3.8) is 0 Å². The Morgan fingerprint density at radius 3 is 2.53 bits per heavy atom. The minimum Gasteiger partial charge on any atom is -0.329 e. The van der Waals surface area contributed by atoms with Gasteiger partial charge in [-0.15, -0.1) is 0 Å². The second-order valence-electron chi connectivity index (χ2n) is 3.27. The highest BCUT2D eigenvalue weighted by atomic mass is 15.3. The molecule has 5 nitrogen and oxygen atoms in total. The second kappa shape index (κ2) is 4.20. The highest BCUT2D eigenvalue weighted by Crippen LogP contribution is 2.12. The predicted octanol–water partition coefficient (Wildman–Crippen LogP) is 0.226. The number of aromatic nitrogens is 3. The number of rotatable bonds is 3. The zero-order valence-corrected chi connectivity index (χ0v) is 8.24. The van der Waals surface area contributed by atoms with Gasteiger partial charge in [0.15, 0.2) is 0 Å². The Labute approximate surface area is 87.7 Å². The Morgan fingerprint density at radius 1 is 1.27 bits per heavy atom. The van der Waals surface area contributed by atoms with Gasteiger partial charge in [-0.3, -0.25) is 0 Å². The highest BCUT2D eigenvalue weighted by Gasteiger charge is 2.03. The van der Waals surface area contributed by atoms with Crippen molar-refractivity contribution >= 4 is 0 Å². The molecule has 0 saturated heterocycles. The molecule has 0 aliphatic heterocycles. The summed E-state index contributed by atoms with van der Waals surface area (Å²) in [6.07, 6.45) is 3.15. The maximum atomic E-state index is 5.80. The molecule has 2 rings (SSSR count). The van der Waals surface area contributed by atoms with Crippen molar-refractivity contribution in [2.24, 2.45) is 11.5 Å². The van der Waals surface area contributed by atoms with E-state index in [9.17, 15) is 0 Å². The minimum atomic E-state index is -0.102. The van der Waals surface area contributed by atoms with Crippen molar-refractivity contribution in [1.82, 2.24) is 14.8 Å². The van der Waals surface area contributed by atoms with E-state index in [1.165, 1.54) is 6.33 Å². The molecule has 1 heterocycles. The van der Waals surface area contributed by atoms with E-state index in [4.69, 9.17) is 11.5 Å². The molecular weight excluding hydrogens is 190 g/mol. The van der Waals surface area contributed by atoms with Crippen LogP contribution < -0.4 is 11.5 Å². The first-order valence-electron chi connectivity index (χ1n) is 4.72. The summed E-state index contributed by atoms with van der Waals surface area (Å²) in [7, 11) is 0. The van der Waals surface area contributed by atoms with Gasteiger partial charge < -0.3 is 11.5 Å². The lowest BCUT2D eigenvalue weighted by Gasteiger charge is -2.09. The van der Waals surface area contributed by atoms with E-state index < -0.39 is 0 Å². The molecule has 0 amide bonds. The third-order valence-corrected chi connectivity index (χ3v) is 2.26. The van der Waals surface area contributed by atoms with E-state index in [2.05, 4.69) is 10.1 Å². The lowest BCUT2D eigenvalue weighted by atomic mass is 10.1. The lowest BCUT2D eigenvalue weighted by molar-refractivity contribution is 0.736. The Hall–Kier alpha value is -1.72. The van der Waals surface area contributed by atoms with Gasteiger partial charge in [-0.2, -0.15) is 5.10 Å². The summed E-state index contributed by atoms with van der Waals surface area (Å²) in [5.74, 6) is 0. The van der Waals surface area contributed by atoms with E-state index >= 15 is 0 Å². The topological polar surface area (TPSA) is 82.8 Å². The van der Waals surface area contributed by atoms with E-state index in [1.54, 1.807) is 11.0 Å². The standard InChI is InChI=1S/C10H13N5/c11-5-10(12)8-1-3-9(4-2-8)15-7-13-6-14-15/h1-4,6-7,10H,5,11-12H2/t10-/m1/s1. The van der Waals surface area contributed by atoms with Crippen LogP contribution >= 0.6 is 0 Å². The van der Waals surface area contributed by atoms with Crippen LogP contribution in [0.3, 0.4) is 0 Å². The summed E-state index contributed by atoms with van der Waals surface area (Å²) in [6, 6.07) is 7.69. The van der Waals surface area contributed by atoms with Crippen molar-refractivity contribution in [3.8, 4) is 5.69 Å². The van der Waals surface area contributed by atoms with E-state index in [0.29, 0.717) is 6.54 Å². The molecule has 0 aliphatic carbocycles. The molecule has 0 bridgehead atoms. The Balaban J connectivity index is 2.25. The van der Waals surface area contributed by atoms with Crippen LogP contribution in [0, 0.1) is 0 Å². The van der Waals surface area contributed by atoms with Gasteiger partial charge in [0.2, 0.25) is 0 Å². The lowest BCUT2D eigenvalue weighted by Crippen LogP contribution is -2.20. The van der Waals surface area contributed by atoms with Crippen LogP contribution in [0.15, 0.2) is 36.9 Å². The molecular formula is C10H13N5. The molecule has 0 fully saturated rings. The summed E-state index contributed by atoms with van der Waals surface area (Å²) >= 11 is 0. The number of nitrogens with zero attached hydrogens (tertiary/aromatic N) is 3. The van der Waals surface area contributed by atoms with Crippen molar-refractivity contribution in [1.29, 1.82) is 0 Å². The number of hydrogen-bond donors (Lipinski definition) is 2. The van der Waals surface area contributed by atoms with Gasteiger partial charge in [0.25, 0.3) is 0 Å². The molecule has 1 aromatic carbocycles. The minimum absolute atomic E-state index is 0.102. The first-order chi connectivity index (χ1) is 7.31. The van der Waals surface area contributed by atoms with Gasteiger partial charge in [-0.1, -0.05) is 12.1 Å². The average Bonchev–Trinajstić information content (AvgIpc) is 2.82. The summed E-state index contributed by atoms with van der Waals surface area (Å²) in [4.78, 5) is 3.88. The molecule has 0 saturated carbocycles. The highest BCUT2D eigenvalue weighted by molar-refractivity contribution is 5.34. The summed E-state index contributed by atoms with van der Waals surface area (Å²) in [5.41, 5.74) is 13.3.